The summed E-state index contributed by atoms with van der Waals surface area (Å²) in [6, 6.07) is 0.642. The molecular formula is C12H27N3O. The molecule has 0 amide bonds. The first-order valence-corrected chi connectivity index (χ1v) is 6.17. The normalized spacial score (nSPS) is 30.9. The molecule has 4 heteroatoms. The highest BCUT2D eigenvalue weighted by Crippen LogP contribution is 2.21. The number of aliphatic hydroxyl groups is 1. The van der Waals surface area contributed by atoms with E-state index in [0.717, 1.165) is 26.1 Å². The molecule has 16 heavy (non-hydrogen) atoms. The van der Waals surface area contributed by atoms with Crippen molar-refractivity contribution in [3.63, 3.8) is 0 Å². The third kappa shape index (κ3) is 3.70. The lowest BCUT2D eigenvalue weighted by molar-refractivity contribution is 0.0495. The Morgan fingerprint density at radius 2 is 2.06 bits per heavy atom. The van der Waals surface area contributed by atoms with Crippen LogP contribution in [0.1, 0.15) is 20.3 Å². The Bertz CT molecular complexity index is 218. The number of hydrogen-bond donors (Lipinski definition) is 2. The predicted octanol–water partition coefficient (Wildman–Crippen LogP) is -0.0319. The summed E-state index contributed by atoms with van der Waals surface area (Å²) in [5.74, 6) is 0.706. The molecule has 0 aliphatic carbocycles. The van der Waals surface area contributed by atoms with Gasteiger partial charge in [-0.25, -0.2) is 0 Å². The maximum atomic E-state index is 9.86. The lowest BCUT2D eigenvalue weighted by Gasteiger charge is -2.25. The molecular weight excluding hydrogens is 202 g/mol. The van der Waals surface area contributed by atoms with Crippen LogP contribution in [0.4, 0.5) is 0 Å². The van der Waals surface area contributed by atoms with Crippen molar-refractivity contribution in [2.45, 2.75) is 31.9 Å². The van der Waals surface area contributed by atoms with Gasteiger partial charge in [-0.15, -0.1) is 0 Å². The molecule has 96 valence electrons. The molecule has 0 saturated carbocycles. The topological polar surface area (TPSA) is 52.7 Å². The summed E-state index contributed by atoms with van der Waals surface area (Å²) in [4.78, 5) is 4.73. The van der Waals surface area contributed by atoms with Crippen molar-refractivity contribution in [3.8, 4) is 0 Å². The average Bonchev–Trinajstić information content (AvgIpc) is 2.57. The Hall–Kier alpha value is -0.160. The van der Waals surface area contributed by atoms with Crippen molar-refractivity contribution < 1.29 is 5.11 Å². The Balaban J connectivity index is 2.36. The van der Waals surface area contributed by atoms with Gasteiger partial charge < -0.3 is 20.6 Å². The third-order valence-electron chi connectivity index (χ3n) is 3.72. The molecule has 4 nitrogen and oxygen atoms in total. The van der Waals surface area contributed by atoms with Gasteiger partial charge in [-0.05, 0) is 33.4 Å². The van der Waals surface area contributed by atoms with Gasteiger partial charge >= 0.3 is 0 Å². The molecule has 1 heterocycles. The van der Waals surface area contributed by atoms with E-state index in [-0.39, 0.29) is 0 Å². The van der Waals surface area contributed by atoms with Crippen molar-refractivity contribution in [2.75, 3.05) is 40.3 Å². The quantitative estimate of drug-likeness (QED) is 0.695. The fourth-order valence-corrected chi connectivity index (χ4v) is 2.40. The second-order valence-corrected chi connectivity index (χ2v) is 5.72. The zero-order valence-electron chi connectivity index (χ0n) is 11.1. The smallest absolute Gasteiger partial charge is 0.0753 e. The Morgan fingerprint density at radius 3 is 2.50 bits per heavy atom. The molecule has 0 aromatic rings. The summed E-state index contributed by atoms with van der Waals surface area (Å²) < 4.78 is 0. The van der Waals surface area contributed by atoms with Gasteiger partial charge in [0.25, 0.3) is 0 Å². The minimum Gasteiger partial charge on any atom is -0.389 e. The minimum absolute atomic E-state index is 0.341. The summed E-state index contributed by atoms with van der Waals surface area (Å²) in [5.41, 5.74) is 4.81. The first-order chi connectivity index (χ1) is 7.35. The molecule has 3 N–H and O–H groups in total. The molecule has 0 aromatic heterocycles. The van der Waals surface area contributed by atoms with Gasteiger partial charge in [-0.2, -0.15) is 0 Å². The number of nitrogens with two attached hydrogens (primary N) is 1. The van der Waals surface area contributed by atoms with Gasteiger partial charge in [-0.1, -0.05) is 6.92 Å². The number of likely N-dealkylation sites (N-methyl/N-ethyl adjacent to an activating group) is 1. The van der Waals surface area contributed by atoms with E-state index in [2.05, 4.69) is 30.8 Å². The van der Waals surface area contributed by atoms with Crippen molar-refractivity contribution >= 4 is 0 Å². The van der Waals surface area contributed by atoms with Gasteiger partial charge in [0.05, 0.1) is 5.60 Å². The molecule has 3 atom stereocenters. The zero-order valence-corrected chi connectivity index (χ0v) is 11.1. The molecule has 1 fully saturated rings. The first kappa shape index (κ1) is 13.9. The maximum absolute atomic E-state index is 9.86. The van der Waals surface area contributed by atoms with Gasteiger partial charge in [0.1, 0.15) is 0 Å². The monoisotopic (exact) mass is 229 g/mol. The molecule has 1 aliphatic rings. The third-order valence-corrected chi connectivity index (χ3v) is 3.72. The SMILES string of the molecule is CC1CN(CCC(C)(O)CN)CC1N(C)C. The maximum Gasteiger partial charge on any atom is 0.0753 e. The van der Waals surface area contributed by atoms with Crippen LogP contribution in [0.5, 0.6) is 0 Å². The Morgan fingerprint density at radius 1 is 1.44 bits per heavy atom. The second kappa shape index (κ2) is 5.45. The highest BCUT2D eigenvalue weighted by Gasteiger charge is 2.31. The van der Waals surface area contributed by atoms with E-state index >= 15 is 0 Å². The van der Waals surface area contributed by atoms with Crippen LogP contribution in [0.3, 0.4) is 0 Å². The largest absolute Gasteiger partial charge is 0.389 e. The van der Waals surface area contributed by atoms with Crippen molar-refractivity contribution in [1.82, 2.24) is 9.80 Å². The van der Waals surface area contributed by atoms with Gasteiger partial charge in [-0.3, -0.25) is 0 Å². The highest BCUT2D eigenvalue weighted by atomic mass is 16.3. The van der Waals surface area contributed by atoms with Crippen LogP contribution in [0.25, 0.3) is 0 Å². The summed E-state index contributed by atoms with van der Waals surface area (Å²) in [7, 11) is 4.28. The number of nitrogens with zero attached hydrogens (tertiary/aromatic N) is 2. The molecule has 0 radical (unpaired) electrons. The van der Waals surface area contributed by atoms with E-state index in [0.29, 0.717) is 18.5 Å². The Kier molecular flexibility index (Phi) is 4.73. The van der Waals surface area contributed by atoms with Crippen LogP contribution < -0.4 is 5.73 Å². The molecule has 1 saturated heterocycles. The lowest BCUT2D eigenvalue weighted by Crippen LogP contribution is -2.39. The van der Waals surface area contributed by atoms with Gasteiger partial charge in [0.15, 0.2) is 0 Å². The molecule has 3 unspecified atom stereocenters. The first-order valence-electron chi connectivity index (χ1n) is 6.17. The highest BCUT2D eigenvalue weighted by molar-refractivity contribution is 4.87. The number of hydrogen-bond acceptors (Lipinski definition) is 4. The van der Waals surface area contributed by atoms with E-state index < -0.39 is 5.60 Å². The number of likely N-dealkylation sites (tertiary alicyclic amines) is 1. The predicted molar refractivity (Wildman–Crippen MR) is 67.4 cm³/mol. The molecule has 1 aliphatic heterocycles. The summed E-state index contributed by atoms with van der Waals surface area (Å²) in [6.07, 6.45) is 0.760. The van der Waals surface area contributed by atoms with Crippen LogP contribution in [0, 0.1) is 5.92 Å². The standard InChI is InChI=1S/C12H27N3O/c1-10-7-15(8-11(10)14(3)4)6-5-12(2,16)9-13/h10-11,16H,5-9,13H2,1-4H3. The summed E-state index contributed by atoms with van der Waals surface area (Å²) >= 11 is 0. The van der Waals surface area contributed by atoms with E-state index in [9.17, 15) is 5.11 Å². The van der Waals surface area contributed by atoms with Crippen LogP contribution in [-0.2, 0) is 0 Å². The second-order valence-electron chi connectivity index (χ2n) is 5.72. The van der Waals surface area contributed by atoms with Gasteiger partial charge in [0.2, 0.25) is 0 Å². The minimum atomic E-state index is -0.709. The molecule has 1 rings (SSSR count). The summed E-state index contributed by atoms with van der Waals surface area (Å²) in [6.45, 7) is 7.63. The lowest BCUT2D eigenvalue weighted by atomic mass is 10.0. The zero-order chi connectivity index (χ0) is 12.3. The van der Waals surface area contributed by atoms with E-state index in [4.69, 9.17) is 5.73 Å². The van der Waals surface area contributed by atoms with E-state index in [1.54, 1.807) is 0 Å². The van der Waals surface area contributed by atoms with Crippen molar-refractivity contribution in [2.24, 2.45) is 11.7 Å². The van der Waals surface area contributed by atoms with E-state index in [1.807, 2.05) is 6.92 Å². The van der Waals surface area contributed by atoms with Crippen molar-refractivity contribution in [3.05, 3.63) is 0 Å². The average molecular weight is 229 g/mol. The molecule has 0 spiro atoms. The van der Waals surface area contributed by atoms with Crippen LogP contribution in [0.2, 0.25) is 0 Å². The fraction of sp³-hybridized carbons (Fsp3) is 1.00. The van der Waals surface area contributed by atoms with Crippen LogP contribution in [-0.4, -0.2) is 66.8 Å². The van der Waals surface area contributed by atoms with Crippen LogP contribution in [0.15, 0.2) is 0 Å². The van der Waals surface area contributed by atoms with Crippen molar-refractivity contribution in [1.29, 1.82) is 0 Å². The molecule has 0 bridgehead atoms. The summed E-state index contributed by atoms with van der Waals surface area (Å²) in [5, 5.41) is 9.86. The fourth-order valence-electron chi connectivity index (χ4n) is 2.40. The van der Waals surface area contributed by atoms with E-state index in [1.165, 1.54) is 0 Å². The molecule has 0 aromatic carbocycles. The van der Waals surface area contributed by atoms with Gasteiger partial charge in [0, 0.05) is 32.2 Å². The number of rotatable bonds is 5. The van der Waals surface area contributed by atoms with Crippen LogP contribution >= 0.6 is 0 Å². The Labute approximate surface area is 99.4 Å².